The molecule has 2 rings (SSSR count). The maximum atomic E-state index is 11.9. The predicted molar refractivity (Wildman–Crippen MR) is 77.9 cm³/mol. The van der Waals surface area contributed by atoms with Crippen LogP contribution in [-0.4, -0.2) is 25.6 Å². The second kappa shape index (κ2) is 7.36. The van der Waals surface area contributed by atoms with Crippen LogP contribution in [0.25, 0.3) is 0 Å². The Morgan fingerprint density at radius 2 is 2.32 bits per heavy atom. The lowest BCUT2D eigenvalue weighted by molar-refractivity contribution is -0.122. The van der Waals surface area contributed by atoms with Crippen molar-refractivity contribution in [1.29, 1.82) is 0 Å². The van der Waals surface area contributed by atoms with Crippen molar-refractivity contribution in [2.75, 3.05) is 13.7 Å². The van der Waals surface area contributed by atoms with E-state index in [4.69, 9.17) is 4.74 Å². The molecule has 0 aromatic heterocycles. The first-order chi connectivity index (χ1) is 8.70. The molecule has 1 atom stereocenters. The number of carbonyl (C=O) groups is 1. The molecule has 0 aliphatic carbocycles. The van der Waals surface area contributed by atoms with Gasteiger partial charge in [-0.1, -0.05) is 12.1 Å². The number of aryl methyl sites for hydroxylation is 1. The molecule has 0 bridgehead atoms. The van der Waals surface area contributed by atoms with Crippen LogP contribution in [0, 0.1) is 6.92 Å². The Morgan fingerprint density at radius 1 is 1.53 bits per heavy atom. The molecule has 0 saturated carbocycles. The van der Waals surface area contributed by atoms with Gasteiger partial charge >= 0.3 is 0 Å². The fourth-order valence-corrected chi connectivity index (χ4v) is 2.21. The maximum absolute atomic E-state index is 11.9. The number of methoxy groups -OCH3 is 1. The molecular formula is C14H21ClN2O2. The van der Waals surface area contributed by atoms with Crippen LogP contribution < -0.4 is 15.4 Å². The zero-order valence-corrected chi connectivity index (χ0v) is 12.2. The molecule has 1 saturated heterocycles. The molecule has 106 valence electrons. The van der Waals surface area contributed by atoms with Crippen molar-refractivity contribution in [3.63, 3.8) is 0 Å². The molecule has 0 radical (unpaired) electrons. The van der Waals surface area contributed by atoms with Gasteiger partial charge in [-0.2, -0.15) is 0 Å². The molecule has 1 heterocycles. The lowest BCUT2D eigenvalue weighted by atomic mass is 10.1. The van der Waals surface area contributed by atoms with Gasteiger partial charge in [0.1, 0.15) is 5.75 Å². The minimum absolute atomic E-state index is 0. The number of hydrogen-bond acceptors (Lipinski definition) is 3. The van der Waals surface area contributed by atoms with Crippen molar-refractivity contribution in [3.05, 3.63) is 29.3 Å². The predicted octanol–water partition coefficient (Wildman–Crippen LogP) is 1.79. The van der Waals surface area contributed by atoms with Gasteiger partial charge in [-0.05, 0) is 37.9 Å². The van der Waals surface area contributed by atoms with Gasteiger partial charge in [0.25, 0.3) is 0 Å². The van der Waals surface area contributed by atoms with Gasteiger partial charge in [-0.15, -0.1) is 12.4 Å². The summed E-state index contributed by atoms with van der Waals surface area (Å²) in [5.74, 6) is 0.907. The van der Waals surface area contributed by atoms with Crippen molar-refractivity contribution >= 4 is 18.3 Å². The molecule has 5 heteroatoms. The number of benzene rings is 1. The van der Waals surface area contributed by atoms with E-state index in [0.717, 1.165) is 36.3 Å². The van der Waals surface area contributed by atoms with E-state index in [2.05, 4.69) is 10.6 Å². The number of amides is 1. The minimum Gasteiger partial charge on any atom is -0.496 e. The van der Waals surface area contributed by atoms with Gasteiger partial charge in [0, 0.05) is 12.1 Å². The van der Waals surface area contributed by atoms with Crippen LogP contribution in [0.1, 0.15) is 24.0 Å². The van der Waals surface area contributed by atoms with Crippen LogP contribution in [-0.2, 0) is 11.3 Å². The van der Waals surface area contributed by atoms with E-state index < -0.39 is 0 Å². The van der Waals surface area contributed by atoms with Crippen molar-refractivity contribution in [2.45, 2.75) is 32.4 Å². The lowest BCUT2D eigenvalue weighted by Gasteiger charge is -2.13. The summed E-state index contributed by atoms with van der Waals surface area (Å²) in [6, 6.07) is 5.98. The average molecular weight is 285 g/mol. The molecule has 2 N–H and O–H groups in total. The summed E-state index contributed by atoms with van der Waals surface area (Å²) in [6.07, 6.45) is 2.00. The first kappa shape index (κ1) is 15.8. The van der Waals surface area contributed by atoms with E-state index in [1.807, 2.05) is 25.1 Å². The van der Waals surface area contributed by atoms with E-state index in [1.54, 1.807) is 7.11 Å². The summed E-state index contributed by atoms with van der Waals surface area (Å²) in [6.45, 7) is 3.47. The Labute approximate surface area is 120 Å². The van der Waals surface area contributed by atoms with Crippen LogP contribution in [0.5, 0.6) is 5.75 Å². The monoisotopic (exact) mass is 284 g/mol. The molecule has 1 aromatic rings. The van der Waals surface area contributed by atoms with Gasteiger partial charge in [-0.25, -0.2) is 0 Å². The summed E-state index contributed by atoms with van der Waals surface area (Å²) >= 11 is 0. The van der Waals surface area contributed by atoms with Crippen molar-refractivity contribution in [1.82, 2.24) is 10.6 Å². The second-order valence-corrected chi connectivity index (χ2v) is 4.68. The molecule has 1 amide bonds. The highest BCUT2D eigenvalue weighted by Gasteiger charge is 2.21. The van der Waals surface area contributed by atoms with Crippen LogP contribution in [0.2, 0.25) is 0 Å². The standard InChI is InChI=1S/C14H20N2O2.ClH/c1-10-5-6-11(13(8-10)18-2)9-16-14(17)12-4-3-7-15-12;/h5-6,8,12,15H,3-4,7,9H2,1-2H3,(H,16,17);1H. The second-order valence-electron chi connectivity index (χ2n) is 4.68. The molecule has 1 aliphatic rings. The summed E-state index contributed by atoms with van der Waals surface area (Å²) in [4.78, 5) is 11.9. The number of ether oxygens (including phenoxy) is 1. The Bertz CT molecular complexity index is 431. The van der Waals surface area contributed by atoms with E-state index in [1.165, 1.54) is 0 Å². The summed E-state index contributed by atoms with van der Waals surface area (Å²) < 4.78 is 5.32. The van der Waals surface area contributed by atoms with E-state index in [9.17, 15) is 4.79 Å². The first-order valence-corrected chi connectivity index (χ1v) is 6.35. The molecule has 1 aliphatic heterocycles. The number of rotatable bonds is 4. The third-order valence-corrected chi connectivity index (χ3v) is 3.27. The normalized spacial score (nSPS) is 17.7. The highest BCUT2D eigenvalue weighted by Crippen LogP contribution is 2.19. The van der Waals surface area contributed by atoms with Gasteiger partial charge in [-0.3, -0.25) is 4.79 Å². The van der Waals surface area contributed by atoms with Crippen LogP contribution in [0.3, 0.4) is 0 Å². The van der Waals surface area contributed by atoms with E-state index >= 15 is 0 Å². The fraction of sp³-hybridized carbons (Fsp3) is 0.500. The number of halogens is 1. The van der Waals surface area contributed by atoms with Gasteiger partial charge in [0.05, 0.1) is 13.2 Å². The topological polar surface area (TPSA) is 50.4 Å². The van der Waals surface area contributed by atoms with Crippen LogP contribution >= 0.6 is 12.4 Å². The number of hydrogen-bond donors (Lipinski definition) is 2. The Hall–Kier alpha value is -1.26. The van der Waals surface area contributed by atoms with E-state index in [-0.39, 0.29) is 24.4 Å². The zero-order chi connectivity index (χ0) is 13.0. The number of nitrogens with one attached hydrogen (secondary N) is 2. The average Bonchev–Trinajstić information content (AvgIpc) is 2.90. The van der Waals surface area contributed by atoms with Crippen LogP contribution in [0.15, 0.2) is 18.2 Å². The molecule has 0 spiro atoms. The fourth-order valence-electron chi connectivity index (χ4n) is 2.21. The molecular weight excluding hydrogens is 264 g/mol. The minimum atomic E-state index is -0.0264. The summed E-state index contributed by atoms with van der Waals surface area (Å²) in [5.41, 5.74) is 2.16. The Kier molecular flexibility index (Phi) is 6.12. The quantitative estimate of drug-likeness (QED) is 0.886. The summed E-state index contributed by atoms with van der Waals surface area (Å²) in [7, 11) is 1.65. The Morgan fingerprint density at radius 3 is 2.95 bits per heavy atom. The zero-order valence-electron chi connectivity index (χ0n) is 11.4. The molecule has 1 unspecified atom stereocenters. The first-order valence-electron chi connectivity index (χ1n) is 6.35. The smallest absolute Gasteiger partial charge is 0.237 e. The van der Waals surface area contributed by atoms with Gasteiger partial charge in [0.2, 0.25) is 5.91 Å². The molecule has 4 nitrogen and oxygen atoms in total. The van der Waals surface area contributed by atoms with Gasteiger partial charge < -0.3 is 15.4 Å². The largest absolute Gasteiger partial charge is 0.496 e. The lowest BCUT2D eigenvalue weighted by Crippen LogP contribution is -2.40. The third kappa shape index (κ3) is 4.11. The number of carbonyl (C=O) groups excluding carboxylic acids is 1. The highest BCUT2D eigenvalue weighted by atomic mass is 35.5. The van der Waals surface area contributed by atoms with Crippen LogP contribution in [0.4, 0.5) is 0 Å². The Balaban J connectivity index is 0.00000180. The third-order valence-electron chi connectivity index (χ3n) is 3.27. The molecule has 1 fully saturated rings. The van der Waals surface area contributed by atoms with Crippen molar-refractivity contribution in [2.24, 2.45) is 0 Å². The van der Waals surface area contributed by atoms with Crippen molar-refractivity contribution < 1.29 is 9.53 Å². The SMILES string of the molecule is COc1cc(C)ccc1CNC(=O)C1CCCN1.Cl. The molecule has 1 aromatic carbocycles. The maximum Gasteiger partial charge on any atom is 0.237 e. The molecule has 19 heavy (non-hydrogen) atoms. The van der Waals surface area contributed by atoms with Crippen molar-refractivity contribution in [3.8, 4) is 5.75 Å². The van der Waals surface area contributed by atoms with Gasteiger partial charge in [0.15, 0.2) is 0 Å². The highest BCUT2D eigenvalue weighted by molar-refractivity contribution is 5.85. The summed E-state index contributed by atoms with van der Waals surface area (Å²) in [5, 5.41) is 6.14. The van der Waals surface area contributed by atoms with E-state index in [0.29, 0.717) is 6.54 Å².